The highest BCUT2D eigenvalue weighted by molar-refractivity contribution is 14.1. The normalized spacial score (nSPS) is 18.6. The monoisotopic (exact) mass is 392 g/mol. The number of anilines is 1. The van der Waals surface area contributed by atoms with Gasteiger partial charge in [0.2, 0.25) is 0 Å². The van der Waals surface area contributed by atoms with Crippen LogP contribution in [0.1, 0.15) is 36.4 Å². The number of nitrogens with zero attached hydrogens (tertiary/aromatic N) is 1. The third-order valence-electron chi connectivity index (χ3n) is 4.44. The largest absolute Gasteiger partial charge is 0.364 e. The standard InChI is InChI=1S/C18H21IN2/c1-13(14-6-8-16(19)9-7-14)21-12-15(10-11-20)17-4-2-3-5-18(17)21/h2-9,13,15H,10-12,20H2,1H3. The summed E-state index contributed by atoms with van der Waals surface area (Å²) in [5.41, 5.74) is 10.0. The molecule has 0 radical (unpaired) electrons. The summed E-state index contributed by atoms with van der Waals surface area (Å²) in [5, 5.41) is 0. The highest BCUT2D eigenvalue weighted by atomic mass is 127. The average Bonchev–Trinajstić information content (AvgIpc) is 2.87. The summed E-state index contributed by atoms with van der Waals surface area (Å²) >= 11 is 2.36. The maximum atomic E-state index is 5.80. The fourth-order valence-electron chi connectivity index (χ4n) is 3.26. The molecule has 1 heterocycles. The van der Waals surface area contributed by atoms with Crippen molar-refractivity contribution in [1.29, 1.82) is 0 Å². The molecule has 0 aromatic heterocycles. The Labute approximate surface area is 140 Å². The molecule has 0 amide bonds. The zero-order chi connectivity index (χ0) is 14.8. The number of benzene rings is 2. The summed E-state index contributed by atoms with van der Waals surface area (Å²) in [5.74, 6) is 0.567. The number of para-hydroxylation sites is 1. The number of fused-ring (bicyclic) bond motifs is 1. The van der Waals surface area contributed by atoms with E-state index in [0.29, 0.717) is 12.0 Å². The van der Waals surface area contributed by atoms with Crippen molar-refractivity contribution in [2.24, 2.45) is 5.73 Å². The highest BCUT2D eigenvalue weighted by Gasteiger charge is 2.30. The molecular weight excluding hydrogens is 371 g/mol. The van der Waals surface area contributed by atoms with E-state index >= 15 is 0 Å². The van der Waals surface area contributed by atoms with Crippen molar-refractivity contribution in [2.45, 2.75) is 25.3 Å². The quantitative estimate of drug-likeness (QED) is 0.786. The zero-order valence-electron chi connectivity index (χ0n) is 12.3. The predicted molar refractivity (Wildman–Crippen MR) is 97.8 cm³/mol. The summed E-state index contributed by atoms with van der Waals surface area (Å²) in [7, 11) is 0. The van der Waals surface area contributed by atoms with Crippen molar-refractivity contribution in [3.05, 3.63) is 63.2 Å². The molecule has 21 heavy (non-hydrogen) atoms. The Morgan fingerprint density at radius 1 is 1.19 bits per heavy atom. The Morgan fingerprint density at radius 3 is 2.62 bits per heavy atom. The molecule has 3 rings (SSSR count). The molecule has 2 aromatic carbocycles. The highest BCUT2D eigenvalue weighted by Crippen LogP contribution is 2.42. The van der Waals surface area contributed by atoms with Crippen LogP contribution >= 0.6 is 22.6 Å². The van der Waals surface area contributed by atoms with Gasteiger partial charge in [0.15, 0.2) is 0 Å². The van der Waals surface area contributed by atoms with Gasteiger partial charge in [-0.25, -0.2) is 0 Å². The molecule has 0 aliphatic carbocycles. The molecular formula is C18H21IN2. The van der Waals surface area contributed by atoms with Crippen molar-refractivity contribution in [3.63, 3.8) is 0 Å². The lowest BCUT2D eigenvalue weighted by atomic mass is 9.98. The van der Waals surface area contributed by atoms with E-state index in [1.54, 1.807) is 0 Å². The van der Waals surface area contributed by atoms with Crippen LogP contribution in [0.2, 0.25) is 0 Å². The summed E-state index contributed by atoms with van der Waals surface area (Å²) in [6.45, 7) is 4.12. The van der Waals surface area contributed by atoms with E-state index in [0.717, 1.165) is 19.5 Å². The molecule has 0 saturated carbocycles. The first kappa shape index (κ1) is 14.9. The number of hydrogen-bond donors (Lipinski definition) is 1. The lowest BCUT2D eigenvalue weighted by Gasteiger charge is -2.28. The topological polar surface area (TPSA) is 29.3 Å². The Kier molecular flexibility index (Phi) is 4.50. The molecule has 0 saturated heterocycles. The SMILES string of the molecule is CC(c1ccc(I)cc1)N1CC(CCN)c2ccccc21. The van der Waals surface area contributed by atoms with E-state index in [1.165, 1.54) is 20.4 Å². The first-order valence-corrected chi connectivity index (χ1v) is 8.59. The summed E-state index contributed by atoms with van der Waals surface area (Å²) in [6, 6.07) is 18.0. The van der Waals surface area contributed by atoms with Crippen LogP contribution < -0.4 is 10.6 Å². The molecule has 0 spiro atoms. The van der Waals surface area contributed by atoms with Crippen LogP contribution in [-0.4, -0.2) is 13.1 Å². The fourth-order valence-corrected chi connectivity index (χ4v) is 3.62. The van der Waals surface area contributed by atoms with Gasteiger partial charge in [-0.15, -0.1) is 0 Å². The van der Waals surface area contributed by atoms with E-state index in [2.05, 4.69) is 82.9 Å². The van der Waals surface area contributed by atoms with Gasteiger partial charge in [-0.3, -0.25) is 0 Å². The molecule has 2 nitrogen and oxygen atoms in total. The number of nitrogens with two attached hydrogens (primary N) is 1. The molecule has 2 atom stereocenters. The smallest absolute Gasteiger partial charge is 0.0514 e. The molecule has 1 aliphatic heterocycles. The van der Waals surface area contributed by atoms with Gasteiger partial charge in [0.1, 0.15) is 0 Å². The van der Waals surface area contributed by atoms with E-state index in [1.807, 2.05) is 0 Å². The summed E-state index contributed by atoms with van der Waals surface area (Å²) in [6.07, 6.45) is 1.06. The molecule has 3 heteroatoms. The fraction of sp³-hybridized carbons (Fsp3) is 0.333. The van der Waals surface area contributed by atoms with Gasteiger partial charge >= 0.3 is 0 Å². The number of hydrogen-bond acceptors (Lipinski definition) is 2. The van der Waals surface area contributed by atoms with Crippen molar-refractivity contribution in [1.82, 2.24) is 0 Å². The maximum Gasteiger partial charge on any atom is 0.0514 e. The minimum absolute atomic E-state index is 0.394. The molecule has 110 valence electrons. The molecule has 1 aliphatic rings. The van der Waals surface area contributed by atoms with Crippen LogP contribution in [-0.2, 0) is 0 Å². The van der Waals surface area contributed by atoms with E-state index < -0.39 is 0 Å². The van der Waals surface area contributed by atoms with Gasteiger partial charge in [0.25, 0.3) is 0 Å². The van der Waals surface area contributed by atoms with Gasteiger partial charge in [-0.05, 0) is 71.8 Å². The second-order valence-electron chi connectivity index (χ2n) is 5.71. The van der Waals surface area contributed by atoms with Crippen molar-refractivity contribution < 1.29 is 0 Å². The summed E-state index contributed by atoms with van der Waals surface area (Å²) < 4.78 is 1.28. The minimum atomic E-state index is 0.394. The van der Waals surface area contributed by atoms with Gasteiger partial charge in [-0.2, -0.15) is 0 Å². The Balaban J connectivity index is 1.90. The van der Waals surface area contributed by atoms with Crippen LogP contribution in [0.3, 0.4) is 0 Å². The predicted octanol–water partition coefficient (Wildman–Crippen LogP) is 4.30. The number of rotatable bonds is 4. The molecule has 2 N–H and O–H groups in total. The zero-order valence-corrected chi connectivity index (χ0v) is 14.5. The second-order valence-corrected chi connectivity index (χ2v) is 6.96. The van der Waals surface area contributed by atoms with Crippen LogP contribution in [0.4, 0.5) is 5.69 Å². The first-order chi connectivity index (χ1) is 10.2. The van der Waals surface area contributed by atoms with Crippen LogP contribution in [0.25, 0.3) is 0 Å². The third kappa shape index (κ3) is 2.94. The van der Waals surface area contributed by atoms with Crippen molar-refractivity contribution in [3.8, 4) is 0 Å². The minimum Gasteiger partial charge on any atom is -0.364 e. The molecule has 0 fully saturated rings. The third-order valence-corrected chi connectivity index (χ3v) is 5.16. The Morgan fingerprint density at radius 2 is 1.90 bits per heavy atom. The van der Waals surface area contributed by atoms with Gasteiger partial charge in [0.05, 0.1) is 6.04 Å². The molecule has 2 aromatic rings. The Hall–Kier alpha value is -1.07. The maximum absolute atomic E-state index is 5.80. The van der Waals surface area contributed by atoms with Gasteiger partial charge in [0, 0.05) is 21.7 Å². The van der Waals surface area contributed by atoms with Gasteiger partial charge in [-0.1, -0.05) is 30.3 Å². The van der Waals surface area contributed by atoms with E-state index in [9.17, 15) is 0 Å². The summed E-state index contributed by atoms with van der Waals surface area (Å²) in [4.78, 5) is 2.53. The first-order valence-electron chi connectivity index (χ1n) is 7.52. The van der Waals surface area contributed by atoms with E-state index in [-0.39, 0.29) is 0 Å². The van der Waals surface area contributed by atoms with Crippen LogP contribution in [0, 0.1) is 3.57 Å². The van der Waals surface area contributed by atoms with E-state index in [4.69, 9.17) is 5.73 Å². The van der Waals surface area contributed by atoms with Crippen LogP contribution in [0.5, 0.6) is 0 Å². The number of halogens is 1. The average molecular weight is 392 g/mol. The Bertz CT molecular complexity index is 609. The second kappa shape index (κ2) is 6.36. The van der Waals surface area contributed by atoms with Crippen LogP contribution in [0.15, 0.2) is 48.5 Å². The lowest BCUT2D eigenvalue weighted by molar-refractivity contribution is 0.606. The van der Waals surface area contributed by atoms with Gasteiger partial charge < -0.3 is 10.6 Å². The van der Waals surface area contributed by atoms with Crippen molar-refractivity contribution >= 4 is 28.3 Å². The molecule has 0 bridgehead atoms. The van der Waals surface area contributed by atoms with Crippen molar-refractivity contribution in [2.75, 3.05) is 18.0 Å². The lowest BCUT2D eigenvalue weighted by Crippen LogP contribution is -2.26. The molecule has 2 unspecified atom stereocenters.